The molecule has 0 aromatic heterocycles. The summed E-state index contributed by atoms with van der Waals surface area (Å²) in [6.07, 6.45) is 1.21. The highest BCUT2D eigenvalue weighted by Crippen LogP contribution is 2.26. The van der Waals surface area contributed by atoms with Crippen LogP contribution < -0.4 is 5.32 Å². The van der Waals surface area contributed by atoms with Crippen LogP contribution in [-0.4, -0.2) is 49.3 Å². The molecule has 2 aliphatic heterocycles. The van der Waals surface area contributed by atoms with E-state index in [1.165, 1.54) is 13.0 Å². The summed E-state index contributed by atoms with van der Waals surface area (Å²) >= 11 is 0. The Morgan fingerprint density at radius 2 is 2.06 bits per heavy atom. The van der Waals surface area contributed by atoms with Crippen LogP contribution in [-0.2, 0) is 4.74 Å². The van der Waals surface area contributed by atoms with E-state index in [1.807, 2.05) is 0 Å². The summed E-state index contributed by atoms with van der Waals surface area (Å²) in [6.45, 7) is 13.5. The highest BCUT2D eigenvalue weighted by Gasteiger charge is 2.36. The van der Waals surface area contributed by atoms with Crippen LogP contribution in [0.5, 0.6) is 0 Å². The smallest absolute Gasteiger partial charge is 0.0506 e. The van der Waals surface area contributed by atoms with Gasteiger partial charge in [-0.3, -0.25) is 4.90 Å². The second-order valence-corrected chi connectivity index (χ2v) is 6.23. The van der Waals surface area contributed by atoms with E-state index in [-0.39, 0.29) is 0 Å². The molecule has 0 aromatic carbocycles. The topological polar surface area (TPSA) is 24.5 Å². The van der Waals surface area contributed by atoms with Crippen LogP contribution in [0, 0.1) is 11.8 Å². The number of hydrogen-bond acceptors (Lipinski definition) is 3. The van der Waals surface area contributed by atoms with Gasteiger partial charge < -0.3 is 10.1 Å². The number of ether oxygens (including phenoxy) is 1. The summed E-state index contributed by atoms with van der Waals surface area (Å²) in [5.74, 6) is 1.40. The van der Waals surface area contributed by atoms with Crippen molar-refractivity contribution in [1.82, 2.24) is 10.2 Å². The Balaban J connectivity index is 2.07. The van der Waals surface area contributed by atoms with Crippen molar-refractivity contribution in [3.63, 3.8) is 0 Å². The molecular weight excluding hydrogens is 212 g/mol. The molecule has 17 heavy (non-hydrogen) atoms. The van der Waals surface area contributed by atoms with Gasteiger partial charge in [-0.1, -0.05) is 20.8 Å². The molecule has 2 rings (SSSR count). The number of hydrogen-bond donors (Lipinski definition) is 1. The van der Waals surface area contributed by atoms with Gasteiger partial charge in [-0.25, -0.2) is 0 Å². The molecule has 0 aliphatic carbocycles. The van der Waals surface area contributed by atoms with Crippen molar-refractivity contribution in [2.75, 3.05) is 26.3 Å². The van der Waals surface area contributed by atoms with Crippen LogP contribution in [0.15, 0.2) is 0 Å². The zero-order chi connectivity index (χ0) is 12.4. The fourth-order valence-corrected chi connectivity index (χ4v) is 3.32. The van der Waals surface area contributed by atoms with Gasteiger partial charge in [0.2, 0.25) is 0 Å². The lowest BCUT2D eigenvalue weighted by Crippen LogP contribution is -2.62. The molecule has 0 amide bonds. The van der Waals surface area contributed by atoms with Gasteiger partial charge in [-0.05, 0) is 25.2 Å². The molecule has 3 heteroatoms. The third-order valence-electron chi connectivity index (χ3n) is 4.38. The molecule has 2 heterocycles. The van der Waals surface area contributed by atoms with Crippen molar-refractivity contribution in [3.05, 3.63) is 0 Å². The lowest BCUT2D eigenvalue weighted by molar-refractivity contribution is -0.0411. The molecule has 0 spiro atoms. The molecule has 2 saturated heterocycles. The van der Waals surface area contributed by atoms with Crippen molar-refractivity contribution in [2.24, 2.45) is 11.8 Å². The van der Waals surface area contributed by atoms with Crippen LogP contribution in [0.2, 0.25) is 0 Å². The first-order valence-corrected chi connectivity index (χ1v) is 7.16. The van der Waals surface area contributed by atoms with Crippen molar-refractivity contribution in [2.45, 2.75) is 52.2 Å². The standard InChI is InChI=1S/C14H28N2O/c1-10(2)14-7-15-12(4)8-16(14)13-5-6-17-9-11(13)3/h10-15H,5-9H2,1-4H3. The van der Waals surface area contributed by atoms with E-state index < -0.39 is 0 Å². The normalized spacial score (nSPS) is 40.8. The predicted molar refractivity (Wildman–Crippen MR) is 71.2 cm³/mol. The number of rotatable bonds is 2. The Labute approximate surface area is 106 Å². The quantitative estimate of drug-likeness (QED) is 0.795. The summed E-state index contributed by atoms with van der Waals surface area (Å²) in [5.41, 5.74) is 0. The maximum absolute atomic E-state index is 5.58. The minimum Gasteiger partial charge on any atom is -0.381 e. The third kappa shape index (κ3) is 3.01. The molecule has 0 bridgehead atoms. The van der Waals surface area contributed by atoms with Gasteiger partial charge in [-0.15, -0.1) is 0 Å². The van der Waals surface area contributed by atoms with Gasteiger partial charge in [0, 0.05) is 37.8 Å². The molecule has 1 N–H and O–H groups in total. The average molecular weight is 240 g/mol. The highest BCUT2D eigenvalue weighted by molar-refractivity contribution is 4.92. The summed E-state index contributed by atoms with van der Waals surface area (Å²) in [5, 5.41) is 3.62. The van der Waals surface area contributed by atoms with E-state index in [1.54, 1.807) is 0 Å². The summed E-state index contributed by atoms with van der Waals surface area (Å²) in [6, 6.07) is 2.04. The summed E-state index contributed by atoms with van der Waals surface area (Å²) in [7, 11) is 0. The van der Waals surface area contributed by atoms with E-state index in [4.69, 9.17) is 4.74 Å². The van der Waals surface area contributed by atoms with Gasteiger partial charge in [0.15, 0.2) is 0 Å². The van der Waals surface area contributed by atoms with Crippen molar-refractivity contribution >= 4 is 0 Å². The van der Waals surface area contributed by atoms with Gasteiger partial charge in [0.05, 0.1) is 6.61 Å². The van der Waals surface area contributed by atoms with E-state index in [0.29, 0.717) is 18.0 Å². The highest BCUT2D eigenvalue weighted by atomic mass is 16.5. The molecular formula is C14H28N2O. The van der Waals surface area contributed by atoms with E-state index in [0.717, 1.165) is 31.7 Å². The molecule has 3 nitrogen and oxygen atoms in total. The van der Waals surface area contributed by atoms with E-state index in [9.17, 15) is 0 Å². The van der Waals surface area contributed by atoms with Gasteiger partial charge >= 0.3 is 0 Å². The van der Waals surface area contributed by atoms with Crippen molar-refractivity contribution in [1.29, 1.82) is 0 Å². The summed E-state index contributed by atoms with van der Waals surface area (Å²) < 4.78 is 5.58. The lowest BCUT2D eigenvalue weighted by Gasteiger charge is -2.48. The Hall–Kier alpha value is -0.120. The van der Waals surface area contributed by atoms with Crippen LogP contribution in [0.25, 0.3) is 0 Å². The summed E-state index contributed by atoms with van der Waals surface area (Å²) in [4.78, 5) is 2.76. The second kappa shape index (κ2) is 5.68. The zero-order valence-corrected chi connectivity index (χ0v) is 11.8. The van der Waals surface area contributed by atoms with Gasteiger partial charge in [0.25, 0.3) is 0 Å². The molecule has 2 fully saturated rings. The number of nitrogens with one attached hydrogen (secondary N) is 1. The van der Waals surface area contributed by atoms with Crippen LogP contribution in [0.4, 0.5) is 0 Å². The first-order valence-electron chi connectivity index (χ1n) is 7.16. The maximum Gasteiger partial charge on any atom is 0.0506 e. The fraction of sp³-hybridized carbons (Fsp3) is 1.00. The Kier molecular flexibility index (Phi) is 4.45. The first-order chi connectivity index (χ1) is 8.09. The average Bonchev–Trinajstić information content (AvgIpc) is 2.29. The van der Waals surface area contributed by atoms with Gasteiger partial charge in [-0.2, -0.15) is 0 Å². The first kappa shape index (κ1) is 13.3. The Morgan fingerprint density at radius 1 is 1.29 bits per heavy atom. The Bertz CT molecular complexity index is 244. The molecule has 4 unspecified atom stereocenters. The van der Waals surface area contributed by atoms with Gasteiger partial charge in [0.1, 0.15) is 0 Å². The largest absolute Gasteiger partial charge is 0.381 e. The maximum atomic E-state index is 5.58. The van der Waals surface area contributed by atoms with Crippen LogP contribution >= 0.6 is 0 Å². The molecule has 0 saturated carbocycles. The predicted octanol–water partition coefficient (Wildman–Crippen LogP) is 1.73. The molecule has 4 atom stereocenters. The minimum atomic E-state index is 0.625. The SMILES string of the molecule is CC1CN(C2CCOCC2C)C(C(C)C)CN1. The molecule has 0 aromatic rings. The molecule has 2 aliphatic rings. The van der Waals surface area contributed by atoms with E-state index >= 15 is 0 Å². The second-order valence-electron chi connectivity index (χ2n) is 6.23. The fourth-order valence-electron chi connectivity index (χ4n) is 3.32. The molecule has 100 valence electrons. The van der Waals surface area contributed by atoms with E-state index in [2.05, 4.69) is 37.9 Å². The lowest BCUT2D eigenvalue weighted by atomic mass is 9.90. The third-order valence-corrected chi connectivity index (χ3v) is 4.38. The molecule has 0 radical (unpaired) electrons. The van der Waals surface area contributed by atoms with Crippen molar-refractivity contribution < 1.29 is 4.74 Å². The number of piperazine rings is 1. The minimum absolute atomic E-state index is 0.625. The van der Waals surface area contributed by atoms with Crippen LogP contribution in [0.1, 0.15) is 34.1 Å². The van der Waals surface area contributed by atoms with Crippen molar-refractivity contribution in [3.8, 4) is 0 Å². The monoisotopic (exact) mass is 240 g/mol. The zero-order valence-electron chi connectivity index (χ0n) is 11.8. The van der Waals surface area contributed by atoms with Crippen LogP contribution in [0.3, 0.4) is 0 Å². The number of nitrogens with zero attached hydrogens (tertiary/aromatic N) is 1. The Morgan fingerprint density at radius 3 is 2.71 bits per heavy atom.